The minimum Gasteiger partial charge on any atom is -0.382 e. The van der Waals surface area contributed by atoms with E-state index in [4.69, 9.17) is 28.4 Å². The average Bonchev–Trinajstić information content (AvgIpc) is 2.86. The standard InChI is InChI=1S/C15H26O6/c1-14(2)17-8-11(19-14)10-6-9(7-16-5)18-13-12(10)20-15(3,4)21-13/h9-13H,6-8H2,1-5H3/t9?,10?,11?,12?,13-/m1/s1. The molecule has 3 fully saturated rings. The molecule has 3 aliphatic heterocycles. The summed E-state index contributed by atoms with van der Waals surface area (Å²) in [7, 11) is 1.68. The normalized spacial score (nSPS) is 44.7. The molecule has 0 N–H and O–H groups in total. The first-order valence-corrected chi connectivity index (χ1v) is 7.61. The minimum atomic E-state index is -0.634. The molecule has 3 saturated heterocycles. The molecule has 0 aliphatic carbocycles. The fraction of sp³-hybridized carbons (Fsp3) is 1.00. The van der Waals surface area contributed by atoms with Crippen molar-refractivity contribution in [3.05, 3.63) is 0 Å². The summed E-state index contributed by atoms with van der Waals surface area (Å²) in [5, 5.41) is 0. The molecule has 6 heteroatoms. The second-order valence-corrected chi connectivity index (χ2v) is 6.95. The van der Waals surface area contributed by atoms with Gasteiger partial charge in [0.2, 0.25) is 0 Å². The highest BCUT2D eigenvalue weighted by atomic mass is 16.8. The van der Waals surface area contributed by atoms with Crippen molar-refractivity contribution < 1.29 is 28.4 Å². The van der Waals surface area contributed by atoms with Crippen molar-refractivity contribution in [2.75, 3.05) is 20.3 Å². The largest absolute Gasteiger partial charge is 0.382 e. The molecule has 0 spiro atoms. The van der Waals surface area contributed by atoms with Gasteiger partial charge in [-0.15, -0.1) is 0 Å². The van der Waals surface area contributed by atoms with Gasteiger partial charge in [0.25, 0.3) is 0 Å². The topological polar surface area (TPSA) is 55.4 Å². The zero-order valence-electron chi connectivity index (χ0n) is 13.5. The van der Waals surface area contributed by atoms with Gasteiger partial charge in [-0.2, -0.15) is 0 Å². The second-order valence-electron chi connectivity index (χ2n) is 6.95. The van der Waals surface area contributed by atoms with Gasteiger partial charge in [0.15, 0.2) is 17.9 Å². The summed E-state index contributed by atoms with van der Waals surface area (Å²) in [5.74, 6) is -0.998. The highest BCUT2D eigenvalue weighted by Crippen LogP contribution is 2.43. The van der Waals surface area contributed by atoms with Crippen LogP contribution in [0.5, 0.6) is 0 Å². The van der Waals surface area contributed by atoms with Crippen LogP contribution < -0.4 is 0 Å². The highest BCUT2D eigenvalue weighted by Gasteiger charge is 2.54. The molecule has 3 heterocycles. The van der Waals surface area contributed by atoms with Crippen molar-refractivity contribution >= 4 is 0 Å². The predicted octanol–water partition coefficient (Wildman–Crippen LogP) is 1.67. The Kier molecular flexibility index (Phi) is 4.05. The Hall–Kier alpha value is -0.240. The number of hydrogen-bond donors (Lipinski definition) is 0. The molecule has 0 amide bonds. The Morgan fingerprint density at radius 3 is 2.43 bits per heavy atom. The molecule has 4 unspecified atom stereocenters. The van der Waals surface area contributed by atoms with E-state index >= 15 is 0 Å². The first-order chi connectivity index (χ1) is 9.80. The van der Waals surface area contributed by atoms with Crippen molar-refractivity contribution in [1.29, 1.82) is 0 Å². The molecule has 3 aliphatic rings. The molecule has 3 rings (SSSR count). The van der Waals surface area contributed by atoms with E-state index in [1.807, 2.05) is 27.7 Å². The number of fused-ring (bicyclic) bond motifs is 1. The summed E-state index contributed by atoms with van der Waals surface area (Å²) in [4.78, 5) is 0. The molecule has 0 saturated carbocycles. The van der Waals surface area contributed by atoms with Crippen LogP contribution in [-0.2, 0) is 28.4 Å². The number of hydrogen-bond acceptors (Lipinski definition) is 6. The average molecular weight is 302 g/mol. The smallest absolute Gasteiger partial charge is 0.187 e. The van der Waals surface area contributed by atoms with Gasteiger partial charge >= 0.3 is 0 Å². The van der Waals surface area contributed by atoms with Crippen LogP contribution in [0.15, 0.2) is 0 Å². The van der Waals surface area contributed by atoms with E-state index in [0.29, 0.717) is 13.2 Å². The van der Waals surface area contributed by atoms with E-state index in [0.717, 1.165) is 6.42 Å². The van der Waals surface area contributed by atoms with E-state index in [1.165, 1.54) is 0 Å². The third kappa shape index (κ3) is 3.25. The van der Waals surface area contributed by atoms with Gasteiger partial charge in [0.1, 0.15) is 6.10 Å². The van der Waals surface area contributed by atoms with Gasteiger partial charge in [0.05, 0.1) is 25.4 Å². The van der Waals surface area contributed by atoms with E-state index in [-0.39, 0.29) is 30.5 Å². The summed E-state index contributed by atoms with van der Waals surface area (Å²) >= 11 is 0. The number of ether oxygens (including phenoxy) is 6. The fourth-order valence-electron chi connectivity index (χ4n) is 3.42. The lowest BCUT2D eigenvalue weighted by atomic mass is 9.87. The van der Waals surface area contributed by atoms with E-state index < -0.39 is 11.6 Å². The summed E-state index contributed by atoms with van der Waals surface area (Å²) in [6, 6.07) is 0. The van der Waals surface area contributed by atoms with Crippen molar-refractivity contribution in [3.63, 3.8) is 0 Å². The van der Waals surface area contributed by atoms with Crippen molar-refractivity contribution in [3.8, 4) is 0 Å². The summed E-state index contributed by atoms with van der Waals surface area (Å²) < 4.78 is 34.9. The molecule has 0 aromatic rings. The Labute approximate surface area is 126 Å². The SMILES string of the molecule is COCC1CC(C2COC(C)(C)O2)C2OC(C)(C)O[C@H]2O1. The second kappa shape index (κ2) is 5.44. The lowest BCUT2D eigenvalue weighted by Gasteiger charge is -2.38. The molecule has 122 valence electrons. The van der Waals surface area contributed by atoms with Crippen LogP contribution in [0.3, 0.4) is 0 Å². The Balaban J connectivity index is 1.76. The minimum absolute atomic E-state index is 0.00624. The quantitative estimate of drug-likeness (QED) is 0.790. The first kappa shape index (κ1) is 15.6. The van der Waals surface area contributed by atoms with Crippen LogP contribution in [0.1, 0.15) is 34.1 Å². The van der Waals surface area contributed by atoms with E-state index in [9.17, 15) is 0 Å². The molecule has 0 aromatic heterocycles. The Bertz CT molecular complexity index is 382. The van der Waals surface area contributed by atoms with Crippen LogP contribution in [0.2, 0.25) is 0 Å². The molecule has 0 aromatic carbocycles. The van der Waals surface area contributed by atoms with Crippen LogP contribution >= 0.6 is 0 Å². The third-order valence-corrected chi connectivity index (χ3v) is 4.23. The first-order valence-electron chi connectivity index (χ1n) is 7.61. The zero-order valence-corrected chi connectivity index (χ0v) is 13.5. The van der Waals surface area contributed by atoms with Crippen LogP contribution in [0.4, 0.5) is 0 Å². The van der Waals surface area contributed by atoms with Gasteiger partial charge in [-0.25, -0.2) is 0 Å². The monoisotopic (exact) mass is 302 g/mol. The predicted molar refractivity (Wildman–Crippen MR) is 73.6 cm³/mol. The maximum Gasteiger partial charge on any atom is 0.187 e. The molecule has 21 heavy (non-hydrogen) atoms. The molecule has 0 bridgehead atoms. The molecule has 6 nitrogen and oxygen atoms in total. The molecule has 0 radical (unpaired) electrons. The Morgan fingerprint density at radius 1 is 1.05 bits per heavy atom. The lowest BCUT2D eigenvalue weighted by Crippen LogP contribution is -2.49. The van der Waals surface area contributed by atoms with Gasteiger partial charge in [-0.1, -0.05) is 0 Å². The maximum absolute atomic E-state index is 6.05. The lowest BCUT2D eigenvalue weighted by molar-refractivity contribution is -0.228. The summed E-state index contributed by atoms with van der Waals surface area (Å²) in [6.45, 7) is 8.81. The van der Waals surface area contributed by atoms with Crippen molar-refractivity contribution in [1.82, 2.24) is 0 Å². The summed E-state index contributed by atoms with van der Waals surface area (Å²) in [5.41, 5.74) is 0. The van der Waals surface area contributed by atoms with Crippen molar-refractivity contribution in [2.24, 2.45) is 5.92 Å². The van der Waals surface area contributed by atoms with Gasteiger partial charge in [0, 0.05) is 13.0 Å². The number of rotatable bonds is 3. The molecule has 5 atom stereocenters. The molecular weight excluding hydrogens is 276 g/mol. The van der Waals surface area contributed by atoms with E-state index in [2.05, 4.69) is 0 Å². The van der Waals surface area contributed by atoms with Gasteiger partial charge < -0.3 is 28.4 Å². The maximum atomic E-state index is 6.05. The van der Waals surface area contributed by atoms with Crippen LogP contribution in [0.25, 0.3) is 0 Å². The van der Waals surface area contributed by atoms with Gasteiger partial charge in [-0.05, 0) is 34.1 Å². The van der Waals surface area contributed by atoms with Crippen molar-refractivity contribution in [2.45, 2.75) is 70.3 Å². The van der Waals surface area contributed by atoms with Gasteiger partial charge in [-0.3, -0.25) is 0 Å². The fourth-order valence-corrected chi connectivity index (χ4v) is 3.42. The Morgan fingerprint density at radius 2 is 1.81 bits per heavy atom. The highest BCUT2D eigenvalue weighted by molar-refractivity contribution is 4.93. The third-order valence-electron chi connectivity index (χ3n) is 4.23. The van der Waals surface area contributed by atoms with Crippen LogP contribution in [-0.4, -0.2) is 56.5 Å². The number of methoxy groups -OCH3 is 1. The zero-order chi connectivity index (χ0) is 15.3. The summed E-state index contributed by atoms with van der Waals surface area (Å²) in [6.07, 6.45) is 0.305. The van der Waals surface area contributed by atoms with Crippen LogP contribution in [0, 0.1) is 5.92 Å². The van der Waals surface area contributed by atoms with E-state index in [1.54, 1.807) is 7.11 Å². The molecular formula is C15H26O6.